The molecule has 142 valence electrons. The molecule has 0 spiro atoms. The molecule has 1 N–H and O–H groups in total. The normalized spacial score (nSPS) is 23.8. The summed E-state index contributed by atoms with van der Waals surface area (Å²) >= 11 is 7.78. The number of anilines is 1. The van der Waals surface area contributed by atoms with Crippen LogP contribution in [0.15, 0.2) is 42.7 Å². The molecule has 28 heavy (non-hydrogen) atoms. The Morgan fingerprint density at radius 1 is 1.14 bits per heavy atom. The number of halogens is 1. The van der Waals surface area contributed by atoms with E-state index in [0.717, 1.165) is 47.3 Å². The van der Waals surface area contributed by atoms with E-state index in [1.54, 1.807) is 6.20 Å². The summed E-state index contributed by atoms with van der Waals surface area (Å²) in [6.07, 6.45) is 9.42. The fourth-order valence-corrected chi connectivity index (χ4v) is 5.73. The lowest BCUT2D eigenvalue weighted by atomic mass is 9.91. The van der Waals surface area contributed by atoms with Gasteiger partial charge in [-0.2, -0.15) is 0 Å². The molecule has 5 rings (SSSR count). The highest BCUT2D eigenvalue weighted by Gasteiger charge is 2.46. The van der Waals surface area contributed by atoms with Crippen LogP contribution in [-0.2, 0) is 17.6 Å². The van der Waals surface area contributed by atoms with Gasteiger partial charge in [-0.05, 0) is 49.0 Å². The molecule has 1 aromatic heterocycles. The molecule has 1 aromatic carbocycles. The van der Waals surface area contributed by atoms with Crippen molar-refractivity contribution < 1.29 is 9.59 Å². The van der Waals surface area contributed by atoms with Crippen molar-refractivity contribution >= 4 is 45.9 Å². The van der Waals surface area contributed by atoms with Crippen molar-refractivity contribution in [3.05, 3.63) is 64.4 Å². The van der Waals surface area contributed by atoms with E-state index < -0.39 is 5.25 Å². The van der Waals surface area contributed by atoms with Crippen LogP contribution < -0.4 is 10.2 Å². The monoisotopic (exact) mass is 411 g/mol. The zero-order valence-corrected chi connectivity index (χ0v) is 16.6. The van der Waals surface area contributed by atoms with E-state index in [1.807, 2.05) is 36.5 Å². The van der Waals surface area contributed by atoms with Crippen molar-refractivity contribution in [2.75, 3.05) is 4.90 Å². The number of hydrogen-bond acceptors (Lipinski definition) is 4. The highest BCUT2D eigenvalue weighted by Crippen LogP contribution is 2.44. The smallest absolute Gasteiger partial charge is 0.329 e. The van der Waals surface area contributed by atoms with Gasteiger partial charge in [0.1, 0.15) is 5.25 Å². The Hall–Kier alpha value is -2.31. The molecule has 2 aliphatic heterocycles. The predicted octanol–water partition coefficient (Wildman–Crippen LogP) is 4.20. The molecule has 1 saturated heterocycles. The van der Waals surface area contributed by atoms with Gasteiger partial charge in [0, 0.05) is 21.7 Å². The van der Waals surface area contributed by atoms with Gasteiger partial charge in [0.25, 0.3) is 5.91 Å². The van der Waals surface area contributed by atoms with E-state index in [2.05, 4.69) is 10.3 Å². The number of carbonyl (C=O) groups is 2. The van der Waals surface area contributed by atoms with Crippen LogP contribution in [0.4, 0.5) is 10.5 Å². The number of thioether (sulfide) groups is 1. The third-order valence-corrected chi connectivity index (χ3v) is 7.18. The maximum atomic E-state index is 13.3. The first kappa shape index (κ1) is 17.8. The topological polar surface area (TPSA) is 62.3 Å². The molecule has 0 radical (unpaired) electrons. The number of carbonyl (C=O) groups excluding carboxylic acids is 2. The SMILES string of the molecule is O=C1NC2C=C(c3ccccc3Cl)SC2C(=O)N1c1cncc2c1CCCC2. The van der Waals surface area contributed by atoms with Crippen LogP contribution in [0, 0.1) is 0 Å². The van der Waals surface area contributed by atoms with Crippen LogP contribution in [0.3, 0.4) is 0 Å². The molecular formula is C21H18ClN3O2S. The Morgan fingerprint density at radius 2 is 1.96 bits per heavy atom. The number of nitrogens with one attached hydrogen (secondary N) is 1. The molecule has 3 aliphatic rings. The van der Waals surface area contributed by atoms with Gasteiger partial charge in [0.2, 0.25) is 0 Å². The maximum absolute atomic E-state index is 13.3. The van der Waals surface area contributed by atoms with Gasteiger partial charge in [-0.25, -0.2) is 9.69 Å². The average Bonchev–Trinajstić information content (AvgIpc) is 3.12. The zero-order chi connectivity index (χ0) is 19.3. The standard InChI is InChI=1S/C21H18ClN3O2S/c22-15-8-4-3-7-14(15)18-9-16-19(28-18)20(26)25(21(27)24-16)17-11-23-10-12-5-1-2-6-13(12)17/h3-4,7-11,16,19H,1-2,5-6H2,(H,24,27). The van der Waals surface area contributed by atoms with Gasteiger partial charge in [0.05, 0.1) is 17.9 Å². The molecular weight excluding hydrogens is 394 g/mol. The summed E-state index contributed by atoms with van der Waals surface area (Å²) in [4.78, 5) is 32.7. The van der Waals surface area contributed by atoms with Gasteiger partial charge in [-0.3, -0.25) is 9.78 Å². The number of benzene rings is 1. The molecule has 2 atom stereocenters. The van der Waals surface area contributed by atoms with Crippen LogP contribution >= 0.6 is 23.4 Å². The van der Waals surface area contributed by atoms with Crippen LogP contribution in [0.25, 0.3) is 4.91 Å². The lowest BCUT2D eigenvalue weighted by Gasteiger charge is -2.34. The molecule has 0 saturated carbocycles. The molecule has 3 heterocycles. The van der Waals surface area contributed by atoms with Crippen molar-refractivity contribution in [3.8, 4) is 0 Å². The summed E-state index contributed by atoms with van der Waals surface area (Å²) in [7, 11) is 0. The summed E-state index contributed by atoms with van der Waals surface area (Å²) in [6.45, 7) is 0. The Morgan fingerprint density at radius 3 is 2.82 bits per heavy atom. The molecule has 0 bridgehead atoms. The number of fused-ring (bicyclic) bond motifs is 2. The number of nitrogens with zero attached hydrogens (tertiary/aromatic N) is 2. The molecule has 1 fully saturated rings. The number of amides is 3. The minimum Gasteiger partial charge on any atom is -0.329 e. The second-order valence-corrected chi connectivity index (χ2v) is 8.79. The third-order valence-electron chi connectivity index (χ3n) is 5.50. The van der Waals surface area contributed by atoms with Crippen molar-refractivity contribution in [2.24, 2.45) is 0 Å². The molecule has 7 heteroatoms. The van der Waals surface area contributed by atoms with E-state index in [4.69, 9.17) is 11.6 Å². The Labute approximate surface area is 172 Å². The fraction of sp³-hybridized carbons (Fsp3) is 0.286. The van der Waals surface area contributed by atoms with Gasteiger partial charge in [-0.15, -0.1) is 11.8 Å². The van der Waals surface area contributed by atoms with E-state index in [9.17, 15) is 9.59 Å². The molecule has 2 unspecified atom stereocenters. The zero-order valence-electron chi connectivity index (χ0n) is 15.0. The highest BCUT2D eigenvalue weighted by molar-refractivity contribution is 8.09. The minimum atomic E-state index is -0.400. The van der Waals surface area contributed by atoms with Crippen molar-refractivity contribution in [2.45, 2.75) is 37.0 Å². The Bertz CT molecular complexity index is 1020. The van der Waals surface area contributed by atoms with Crippen LogP contribution in [0.1, 0.15) is 29.5 Å². The molecule has 5 nitrogen and oxygen atoms in total. The third kappa shape index (κ3) is 2.83. The lowest BCUT2D eigenvalue weighted by Crippen LogP contribution is -2.60. The average molecular weight is 412 g/mol. The number of imide groups is 1. The lowest BCUT2D eigenvalue weighted by molar-refractivity contribution is -0.118. The van der Waals surface area contributed by atoms with E-state index in [-0.39, 0.29) is 18.0 Å². The first-order chi connectivity index (χ1) is 13.6. The first-order valence-electron chi connectivity index (χ1n) is 9.37. The second-order valence-electron chi connectivity index (χ2n) is 7.20. The van der Waals surface area contributed by atoms with Gasteiger partial charge in [0.15, 0.2) is 0 Å². The van der Waals surface area contributed by atoms with Crippen molar-refractivity contribution in [1.82, 2.24) is 10.3 Å². The number of hydrogen-bond donors (Lipinski definition) is 1. The van der Waals surface area contributed by atoms with E-state index in [1.165, 1.54) is 16.7 Å². The summed E-state index contributed by atoms with van der Waals surface area (Å²) in [5.41, 5.74) is 3.73. The first-order valence-corrected chi connectivity index (χ1v) is 10.6. The minimum absolute atomic E-state index is 0.196. The number of rotatable bonds is 2. The van der Waals surface area contributed by atoms with Gasteiger partial charge in [-0.1, -0.05) is 29.8 Å². The van der Waals surface area contributed by atoms with Gasteiger partial charge < -0.3 is 5.32 Å². The van der Waals surface area contributed by atoms with Crippen LogP contribution in [0.2, 0.25) is 5.02 Å². The van der Waals surface area contributed by atoms with E-state index in [0.29, 0.717) is 10.7 Å². The number of aromatic nitrogens is 1. The van der Waals surface area contributed by atoms with Crippen molar-refractivity contribution in [3.63, 3.8) is 0 Å². The summed E-state index contributed by atoms with van der Waals surface area (Å²) in [5, 5.41) is 3.22. The second kappa shape index (κ2) is 6.94. The summed E-state index contributed by atoms with van der Waals surface area (Å²) < 4.78 is 0. The summed E-state index contributed by atoms with van der Waals surface area (Å²) in [6, 6.07) is 6.83. The molecule has 1 aliphatic carbocycles. The largest absolute Gasteiger partial charge is 0.329 e. The summed E-state index contributed by atoms with van der Waals surface area (Å²) in [5.74, 6) is -0.196. The molecule has 2 aromatic rings. The fourth-order valence-electron chi connectivity index (χ4n) is 4.13. The Kier molecular flexibility index (Phi) is 4.40. The predicted molar refractivity (Wildman–Crippen MR) is 111 cm³/mol. The Balaban J connectivity index is 1.48. The number of urea groups is 1. The van der Waals surface area contributed by atoms with Gasteiger partial charge >= 0.3 is 6.03 Å². The number of pyridine rings is 1. The van der Waals surface area contributed by atoms with E-state index >= 15 is 0 Å². The van der Waals surface area contributed by atoms with Crippen molar-refractivity contribution in [1.29, 1.82) is 0 Å². The van der Waals surface area contributed by atoms with Crippen LogP contribution in [-0.4, -0.2) is 28.2 Å². The maximum Gasteiger partial charge on any atom is 0.329 e. The number of aryl methyl sites for hydroxylation is 1. The molecule has 3 amide bonds. The quantitative estimate of drug-likeness (QED) is 0.804. The van der Waals surface area contributed by atoms with Crippen LogP contribution in [0.5, 0.6) is 0 Å². The highest BCUT2D eigenvalue weighted by atomic mass is 35.5.